The second kappa shape index (κ2) is 3.53. The van der Waals surface area contributed by atoms with Crippen molar-refractivity contribution in [1.29, 1.82) is 0 Å². The summed E-state index contributed by atoms with van der Waals surface area (Å²) in [6.07, 6.45) is 0.682. The average molecular weight is 171 g/mol. The fourth-order valence-electron chi connectivity index (χ4n) is 1.21. The minimum Gasteiger partial charge on any atom is -0.344 e. The van der Waals surface area contributed by atoms with E-state index in [9.17, 15) is 9.59 Å². The van der Waals surface area contributed by atoms with E-state index < -0.39 is 0 Å². The third-order valence-electron chi connectivity index (χ3n) is 1.95. The first-order valence-electron chi connectivity index (χ1n) is 3.89. The molecule has 1 heterocycles. The molecule has 1 atom stereocenters. The molecule has 2 amide bonds. The predicted molar refractivity (Wildman–Crippen MR) is 43.2 cm³/mol. The largest absolute Gasteiger partial charge is 0.344 e. The molecule has 0 aliphatic carbocycles. The first-order valence-corrected chi connectivity index (χ1v) is 3.89. The Bertz CT molecular complexity index is 205. The van der Waals surface area contributed by atoms with Gasteiger partial charge in [0.15, 0.2) is 0 Å². The van der Waals surface area contributed by atoms with Crippen molar-refractivity contribution in [2.24, 2.45) is 5.73 Å². The molecule has 1 aliphatic heterocycles. The Hall–Kier alpha value is -1.10. The lowest BCUT2D eigenvalue weighted by atomic mass is 10.2. The van der Waals surface area contributed by atoms with Crippen molar-refractivity contribution in [3.63, 3.8) is 0 Å². The molecule has 0 bridgehead atoms. The molecule has 1 aliphatic rings. The standard InChI is InChI=1S/C7H13N3O2/c1-10-3-2-5(7(10)12)9-6(11)4-8/h5H,2-4,8H2,1H3,(H,9,11). The Morgan fingerprint density at radius 3 is 2.92 bits per heavy atom. The van der Waals surface area contributed by atoms with E-state index in [4.69, 9.17) is 5.73 Å². The van der Waals surface area contributed by atoms with E-state index in [1.54, 1.807) is 11.9 Å². The van der Waals surface area contributed by atoms with Gasteiger partial charge in [-0.1, -0.05) is 0 Å². The van der Waals surface area contributed by atoms with Gasteiger partial charge in [-0.25, -0.2) is 0 Å². The molecule has 0 radical (unpaired) electrons. The molecule has 68 valence electrons. The highest BCUT2D eigenvalue weighted by atomic mass is 16.2. The van der Waals surface area contributed by atoms with Gasteiger partial charge in [-0.15, -0.1) is 0 Å². The molecular formula is C7H13N3O2. The summed E-state index contributed by atoms with van der Waals surface area (Å²) in [4.78, 5) is 23.6. The Morgan fingerprint density at radius 2 is 2.50 bits per heavy atom. The van der Waals surface area contributed by atoms with Crippen LogP contribution in [0.5, 0.6) is 0 Å². The number of nitrogens with zero attached hydrogens (tertiary/aromatic N) is 1. The van der Waals surface area contributed by atoms with Crippen molar-refractivity contribution in [3.05, 3.63) is 0 Å². The van der Waals surface area contributed by atoms with Crippen LogP contribution >= 0.6 is 0 Å². The summed E-state index contributed by atoms with van der Waals surface area (Å²) in [5.41, 5.74) is 5.09. The SMILES string of the molecule is CN1CCC(NC(=O)CN)C1=O. The van der Waals surface area contributed by atoms with Gasteiger partial charge in [-0.2, -0.15) is 0 Å². The first-order chi connectivity index (χ1) is 5.65. The zero-order chi connectivity index (χ0) is 9.14. The highest BCUT2D eigenvalue weighted by molar-refractivity contribution is 5.89. The lowest BCUT2D eigenvalue weighted by Crippen LogP contribution is -2.43. The van der Waals surface area contributed by atoms with Crippen molar-refractivity contribution < 1.29 is 9.59 Å². The third kappa shape index (κ3) is 1.73. The van der Waals surface area contributed by atoms with Crippen LogP contribution in [0.3, 0.4) is 0 Å². The molecule has 1 unspecified atom stereocenters. The Morgan fingerprint density at radius 1 is 1.83 bits per heavy atom. The normalized spacial score (nSPS) is 23.0. The summed E-state index contributed by atoms with van der Waals surface area (Å²) < 4.78 is 0. The van der Waals surface area contributed by atoms with Crippen molar-refractivity contribution in [3.8, 4) is 0 Å². The zero-order valence-corrected chi connectivity index (χ0v) is 7.04. The number of nitrogens with two attached hydrogens (primary N) is 1. The highest BCUT2D eigenvalue weighted by Gasteiger charge is 2.29. The van der Waals surface area contributed by atoms with Crippen molar-refractivity contribution in [1.82, 2.24) is 10.2 Å². The lowest BCUT2D eigenvalue weighted by Gasteiger charge is -2.10. The number of hydrogen-bond acceptors (Lipinski definition) is 3. The summed E-state index contributed by atoms with van der Waals surface area (Å²) in [7, 11) is 1.72. The van der Waals surface area contributed by atoms with E-state index in [1.165, 1.54) is 0 Å². The highest BCUT2D eigenvalue weighted by Crippen LogP contribution is 2.07. The number of likely N-dealkylation sites (N-methyl/N-ethyl adjacent to an activating group) is 1. The third-order valence-corrected chi connectivity index (χ3v) is 1.95. The van der Waals surface area contributed by atoms with Gasteiger partial charge in [-0.05, 0) is 6.42 Å². The lowest BCUT2D eigenvalue weighted by molar-refractivity contribution is -0.131. The Kier molecular flexibility index (Phi) is 2.65. The van der Waals surface area contributed by atoms with Crippen LogP contribution in [-0.2, 0) is 9.59 Å². The van der Waals surface area contributed by atoms with Crippen LogP contribution < -0.4 is 11.1 Å². The quantitative estimate of drug-likeness (QED) is 0.519. The van der Waals surface area contributed by atoms with Gasteiger partial charge in [0.2, 0.25) is 11.8 Å². The van der Waals surface area contributed by atoms with Crippen LogP contribution in [0, 0.1) is 0 Å². The van der Waals surface area contributed by atoms with Gasteiger partial charge in [-0.3, -0.25) is 9.59 Å². The van der Waals surface area contributed by atoms with E-state index in [0.29, 0.717) is 13.0 Å². The molecule has 0 aromatic carbocycles. The first kappa shape index (κ1) is 8.99. The van der Waals surface area contributed by atoms with Gasteiger partial charge in [0, 0.05) is 13.6 Å². The van der Waals surface area contributed by atoms with Crippen molar-refractivity contribution in [2.75, 3.05) is 20.1 Å². The summed E-state index contributed by atoms with van der Waals surface area (Å²) in [6, 6.07) is -0.356. The molecule has 0 saturated carbocycles. The van der Waals surface area contributed by atoms with Crippen LogP contribution in [-0.4, -0.2) is 42.9 Å². The number of nitrogens with one attached hydrogen (secondary N) is 1. The molecule has 5 nitrogen and oxygen atoms in total. The maximum atomic E-state index is 11.2. The number of rotatable bonds is 2. The second-order valence-corrected chi connectivity index (χ2v) is 2.87. The van der Waals surface area contributed by atoms with Crippen LogP contribution in [0.1, 0.15) is 6.42 Å². The van der Waals surface area contributed by atoms with Crippen molar-refractivity contribution >= 4 is 11.8 Å². The number of carbonyl (C=O) groups is 2. The fourth-order valence-corrected chi connectivity index (χ4v) is 1.21. The van der Waals surface area contributed by atoms with E-state index in [-0.39, 0.29) is 24.4 Å². The molecule has 3 N–H and O–H groups in total. The monoisotopic (exact) mass is 171 g/mol. The Labute approximate surface area is 70.9 Å². The van der Waals surface area contributed by atoms with Gasteiger partial charge < -0.3 is 16.0 Å². The van der Waals surface area contributed by atoms with Gasteiger partial charge in [0.1, 0.15) is 6.04 Å². The minimum atomic E-state index is -0.356. The molecule has 12 heavy (non-hydrogen) atoms. The van der Waals surface area contributed by atoms with Crippen LogP contribution in [0.25, 0.3) is 0 Å². The topological polar surface area (TPSA) is 75.4 Å². The van der Waals surface area contributed by atoms with Gasteiger partial charge >= 0.3 is 0 Å². The summed E-state index contributed by atoms with van der Waals surface area (Å²) >= 11 is 0. The van der Waals surface area contributed by atoms with E-state index >= 15 is 0 Å². The molecule has 1 rings (SSSR count). The van der Waals surface area contributed by atoms with E-state index in [0.717, 1.165) is 0 Å². The molecule has 1 fully saturated rings. The van der Waals surface area contributed by atoms with Crippen molar-refractivity contribution in [2.45, 2.75) is 12.5 Å². The maximum absolute atomic E-state index is 11.2. The minimum absolute atomic E-state index is 0.0307. The smallest absolute Gasteiger partial charge is 0.244 e. The Balaban J connectivity index is 2.44. The summed E-state index contributed by atoms with van der Waals surface area (Å²) in [5, 5.41) is 2.55. The molecule has 5 heteroatoms. The molecule has 0 aromatic heterocycles. The summed E-state index contributed by atoms with van der Waals surface area (Å²) in [5.74, 6) is -0.305. The fraction of sp³-hybridized carbons (Fsp3) is 0.714. The molecule has 0 spiro atoms. The maximum Gasteiger partial charge on any atom is 0.244 e. The number of hydrogen-bond donors (Lipinski definition) is 2. The average Bonchev–Trinajstić information content (AvgIpc) is 2.36. The second-order valence-electron chi connectivity index (χ2n) is 2.87. The predicted octanol–water partition coefficient (Wildman–Crippen LogP) is -1.71. The zero-order valence-electron chi connectivity index (χ0n) is 7.04. The van der Waals surface area contributed by atoms with E-state index in [1.807, 2.05) is 0 Å². The van der Waals surface area contributed by atoms with Gasteiger partial charge in [0.05, 0.1) is 6.54 Å². The molecule has 1 saturated heterocycles. The van der Waals surface area contributed by atoms with Crippen LogP contribution in [0.2, 0.25) is 0 Å². The molecular weight excluding hydrogens is 158 g/mol. The summed E-state index contributed by atoms with van der Waals surface area (Å²) in [6.45, 7) is 0.641. The van der Waals surface area contributed by atoms with E-state index in [2.05, 4.69) is 5.32 Å². The molecule has 0 aromatic rings. The van der Waals surface area contributed by atoms with Crippen LogP contribution in [0.4, 0.5) is 0 Å². The van der Waals surface area contributed by atoms with Crippen LogP contribution in [0.15, 0.2) is 0 Å². The van der Waals surface area contributed by atoms with Gasteiger partial charge in [0.25, 0.3) is 0 Å². The number of carbonyl (C=O) groups excluding carboxylic acids is 2. The number of likely N-dealkylation sites (tertiary alicyclic amines) is 1. The number of amides is 2.